The molecule has 308 valence electrons. The van der Waals surface area contributed by atoms with Crippen LogP contribution in [-0.4, -0.2) is 88.8 Å². The van der Waals surface area contributed by atoms with Crippen LogP contribution in [-0.2, 0) is 16.6 Å². The maximum atomic E-state index is 14.1. The number of rotatable bonds is 10. The molecule has 6 aromatic rings. The molecule has 1 N–H and O–H groups in total. The number of thiophene rings is 1. The largest absolute Gasteiger partial charge is 0.355 e. The first kappa shape index (κ1) is 42.1. The second kappa shape index (κ2) is 16.9. The van der Waals surface area contributed by atoms with Crippen molar-refractivity contribution in [2.45, 2.75) is 49.6 Å². The summed E-state index contributed by atoms with van der Waals surface area (Å²) in [4.78, 5) is 47.3. The summed E-state index contributed by atoms with van der Waals surface area (Å²) in [6, 6.07) is 11.1. The van der Waals surface area contributed by atoms with Gasteiger partial charge in [-0.05, 0) is 56.2 Å². The monoisotopic (exact) mass is 877 g/mol. The zero-order valence-corrected chi connectivity index (χ0v) is 34.1. The van der Waals surface area contributed by atoms with E-state index in [1.807, 2.05) is 0 Å². The number of likely N-dealkylation sites (tertiary alicyclic amines) is 1. The summed E-state index contributed by atoms with van der Waals surface area (Å²) in [5, 5.41) is 12.2. The van der Waals surface area contributed by atoms with E-state index in [2.05, 4.69) is 42.6 Å². The van der Waals surface area contributed by atoms with E-state index in [0.717, 1.165) is 0 Å². The lowest BCUT2D eigenvalue weighted by molar-refractivity contribution is -0.143. The number of halogens is 5. The fraction of sp³-hybridized carbons (Fsp3) is 0.275. The van der Waals surface area contributed by atoms with E-state index in [1.54, 1.807) is 43.1 Å². The minimum Gasteiger partial charge on any atom is -0.355 e. The molecular formula is C40H32ClF4N9O4S2. The summed E-state index contributed by atoms with van der Waals surface area (Å²) in [5.41, 5.74) is 1.66. The molecule has 1 aliphatic rings. The molecule has 0 spiro atoms. The summed E-state index contributed by atoms with van der Waals surface area (Å²) in [5.74, 6) is 1.64. The second-order valence-corrected chi connectivity index (χ2v) is 16.9. The summed E-state index contributed by atoms with van der Waals surface area (Å²) in [7, 11) is -2.51. The first-order valence-electron chi connectivity index (χ1n) is 18.1. The fourth-order valence-corrected chi connectivity index (χ4v) is 9.15. The van der Waals surface area contributed by atoms with E-state index < -0.39 is 40.4 Å². The number of aromatic nitrogens is 5. The number of fused-ring (bicyclic) bond motifs is 2. The van der Waals surface area contributed by atoms with Crippen molar-refractivity contribution in [3.05, 3.63) is 104 Å². The maximum absolute atomic E-state index is 14.1. The van der Waals surface area contributed by atoms with Crippen LogP contribution in [0.1, 0.15) is 40.2 Å². The highest BCUT2D eigenvalue weighted by Gasteiger charge is 2.43. The molecule has 0 aliphatic carbocycles. The number of pyridine rings is 3. The Morgan fingerprint density at radius 1 is 1.12 bits per heavy atom. The molecule has 20 heteroatoms. The molecule has 1 fully saturated rings. The lowest BCUT2D eigenvalue weighted by atomic mass is 10.00. The normalized spacial score (nSPS) is 13.9. The van der Waals surface area contributed by atoms with Gasteiger partial charge in [0.2, 0.25) is 0 Å². The number of anilines is 1. The van der Waals surface area contributed by atoms with Crippen molar-refractivity contribution in [2.75, 3.05) is 31.6 Å². The van der Waals surface area contributed by atoms with Gasteiger partial charge in [0, 0.05) is 71.9 Å². The summed E-state index contributed by atoms with van der Waals surface area (Å²) in [6.45, 7) is 0.696. The molecule has 13 nitrogen and oxygen atoms in total. The minimum atomic E-state index is -4.19. The third-order valence-electron chi connectivity index (χ3n) is 10.1. The van der Waals surface area contributed by atoms with E-state index in [1.165, 1.54) is 63.1 Å². The van der Waals surface area contributed by atoms with Crippen LogP contribution in [0.25, 0.3) is 32.2 Å². The van der Waals surface area contributed by atoms with Crippen LogP contribution in [0, 0.1) is 30.1 Å². The number of nitrogens with zero attached hydrogens (tertiary/aromatic N) is 8. The van der Waals surface area contributed by atoms with Gasteiger partial charge in [0.25, 0.3) is 21.5 Å². The first-order valence-corrected chi connectivity index (χ1v) is 20.9. The second-order valence-electron chi connectivity index (χ2n) is 13.9. The molecule has 1 aliphatic heterocycles. The Balaban J connectivity index is 1.16. The van der Waals surface area contributed by atoms with Crippen LogP contribution in [0.2, 0.25) is 5.02 Å². The molecule has 1 saturated heterocycles. The number of nitrogens with one attached hydrogen (secondary N) is 1. The predicted octanol–water partition coefficient (Wildman–Crippen LogP) is 6.27. The molecular weight excluding hydrogens is 846 g/mol. The molecule has 60 heavy (non-hydrogen) atoms. The van der Waals surface area contributed by atoms with Crippen LogP contribution in [0.4, 0.5) is 23.4 Å². The number of hydrogen-bond acceptors (Lipinski definition) is 12. The van der Waals surface area contributed by atoms with Crippen LogP contribution < -0.4 is 15.2 Å². The Morgan fingerprint density at radius 3 is 2.55 bits per heavy atom. The number of hydrogen-bond donors (Lipinski definition) is 1. The number of carbonyl (C=O) groups excluding carboxylic acids is 1. The molecule has 1 amide bonds. The van der Waals surface area contributed by atoms with Gasteiger partial charge >= 0.3 is 12.3 Å². The van der Waals surface area contributed by atoms with Gasteiger partial charge < -0.3 is 4.90 Å². The standard InChI is InChI=1S/C40H32ClF4N9O4S2/c1-23-50-32-20-49-36(52(2)26-10-16-53(17-11-26)22-40(44,45)39(42)43)30(19-46)33(32)38(56)54(23)15-3-4-24-5-6-25(41)18-29(24)28-9-14-48-34-31(21-59-35(28)34)37(55)51-60(57,58)27-7-12-47-13-8-27/h5-9,12-14,18,20-21,26,39H,10-11,15-17,22H2,1-2H3,(H,51,55). The van der Waals surface area contributed by atoms with Crippen molar-refractivity contribution >= 4 is 65.8 Å². The van der Waals surface area contributed by atoms with Gasteiger partial charge in [-0.1, -0.05) is 23.4 Å². The molecule has 0 bridgehead atoms. The van der Waals surface area contributed by atoms with E-state index >= 15 is 0 Å². The molecule has 1 aromatic carbocycles. The van der Waals surface area contributed by atoms with Crippen molar-refractivity contribution in [3.8, 4) is 29.0 Å². The lowest BCUT2D eigenvalue weighted by Gasteiger charge is -2.38. The lowest BCUT2D eigenvalue weighted by Crippen LogP contribution is -2.49. The van der Waals surface area contributed by atoms with E-state index in [4.69, 9.17) is 11.6 Å². The Morgan fingerprint density at radius 2 is 1.85 bits per heavy atom. The number of benzene rings is 1. The third kappa shape index (κ3) is 8.39. The Bertz CT molecular complexity index is 2920. The molecule has 0 unspecified atom stereocenters. The van der Waals surface area contributed by atoms with Gasteiger partial charge in [-0.2, -0.15) is 14.0 Å². The molecule has 0 saturated carbocycles. The van der Waals surface area contributed by atoms with E-state index in [-0.39, 0.29) is 63.9 Å². The topological polar surface area (TPSA) is 167 Å². The van der Waals surface area contributed by atoms with Gasteiger partial charge in [-0.15, -0.1) is 11.3 Å². The van der Waals surface area contributed by atoms with Gasteiger partial charge in [0.05, 0.1) is 50.9 Å². The van der Waals surface area contributed by atoms with Crippen molar-refractivity contribution in [3.63, 3.8) is 0 Å². The molecule has 7 rings (SSSR count). The number of alkyl halides is 4. The number of sulfonamides is 1. The van der Waals surface area contributed by atoms with E-state index in [0.29, 0.717) is 45.1 Å². The van der Waals surface area contributed by atoms with Gasteiger partial charge in [-0.25, -0.2) is 31.9 Å². The summed E-state index contributed by atoms with van der Waals surface area (Å²) in [6.07, 6.45) is 2.37. The summed E-state index contributed by atoms with van der Waals surface area (Å²) < 4.78 is 82.6. The zero-order valence-electron chi connectivity index (χ0n) is 31.7. The average Bonchev–Trinajstić information content (AvgIpc) is 3.67. The highest BCUT2D eigenvalue weighted by Crippen LogP contribution is 2.37. The minimum absolute atomic E-state index is 0.0215. The third-order valence-corrected chi connectivity index (χ3v) is 12.7. The van der Waals surface area contributed by atoms with Gasteiger partial charge in [0.15, 0.2) is 0 Å². The van der Waals surface area contributed by atoms with E-state index in [9.17, 15) is 40.8 Å². The van der Waals surface area contributed by atoms with Crippen molar-refractivity contribution in [1.82, 2.24) is 34.1 Å². The van der Waals surface area contributed by atoms with Gasteiger partial charge in [-0.3, -0.25) is 29.0 Å². The number of piperidine rings is 1. The first-order chi connectivity index (χ1) is 28.6. The fourth-order valence-electron chi connectivity index (χ4n) is 7.00. The van der Waals surface area contributed by atoms with Crippen molar-refractivity contribution < 1.29 is 30.8 Å². The molecule has 0 atom stereocenters. The number of nitriles is 1. The number of carbonyl (C=O) groups is 1. The Labute approximate surface area is 349 Å². The zero-order chi connectivity index (χ0) is 42.9. The predicted molar refractivity (Wildman–Crippen MR) is 218 cm³/mol. The summed E-state index contributed by atoms with van der Waals surface area (Å²) >= 11 is 7.63. The number of aryl methyl sites for hydroxylation is 1. The Kier molecular flexibility index (Phi) is 11.9. The highest BCUT2D eigenvalue weighted by atomic mass is 35.5. The van der Waals surface area contributed by atoms with Crippen molar-refractivity contribution in [1.29, 1.82) is 5.26 Å². The van der Waals surface area contributed by atoms with Crippen LogP contribution >= 0.6 is 22.9 Å². The molecule has 5 aromatic heterocycles. The van der Waals surface area contributed by atoms with Crippen molar-refractivity contribution in [2.24, 2.45) is 0 Å². The SMILES string of the molecule is Cc1nc2cnc(N(C)C3CCN(CC(F)(F)C(F)F)CC3)c(C#N)c2c(=O)n1CC#Cc1ccc(Cl)cc1-c1ccnc2c(C(=O)NS(=O)(=O)c3ccncc3)csc12. The average molecular weight is 878 g/mol. The highest BCUT2D eigenvalue weighted by molar-refractivity contribution is 7.90. The van der Waals surface area contributed by atoms with Crippen LogP contribution in [0.3, 0.4) is 0 Å². The van der Waals surface area contributed by atoms with Gasteiger partial charge in [0.1, 0.15) is 23.3 Å². The molecule has 0 radical (unpaired) electrons. The quantitative estimate of drug-likeness (QED) is 0.122. The maximum Gasteiger partial charge on any atom is 0.319 e. The Hall–Kier alpha value is -5.99. The van der Waals surface area contributed by atoms with Crippen LogP contribution in [0.15, 0.2) is 76.3 Å². The number of amides is 1. The molecule has 6 heterocycles. The smallest absolute Gasteiger partial charge is 0.319 e. The van der Waals surface area contributed by atoms with Crippen LogP contribution in [0.5, 0.6) is 0 Å².